The van der Waals surface area contributed by atoms with Gasteiger partial charge >= 0.3 is 6.03 Å². The van der Waals surface area contributed by atoms with Crippen LogP contribution in [0.15, 0.2) is 6.07 Å². The van der Waals surface area contributed by atoms with Gasteiger partial charge in [-0.2, -0.15) is 5.10 Å². The maximum absolute atomic E-state index is 10.7. The summed E-state index contributed by atoms with van der Waals surface area (Å²) < 4.78 is 0. The van der Waals surface area contributed by atoms with Crippen LogP contribution in [0.25, 0.3) is 0 Å². The first kappa shape index (κ1) is 8.38. The number of nitrogen functional groups attached to an aromatic ring is 1. The van der Waals surface area contributed by atoms with Crippen molar-refractivity contribution < 1.29 is 4.79 Å². The van der Waals surface area contributed by atoms with Crippen molar-refractivity contribution in [3.63, 3.8) is 0 Å². The van der Waals surface area contributed by atoms with E-state index in [1.165, 1.54) is 0 Å². The Morgan fingerprint density at radius 1 is 1.83 bits per heavy atom. The zero-order valence-corrected chi connectivity index (χ0v) is 6.72. The van der Waals surface area contributed by atoms with Gasteiger partial charge in [-0.15, -0.1) is 0 Å². The summed E-state index contributed by atoms with van der Waals surface area (Å²) in [6, 6.07) is 1.43. The van der Waals surface area contributed by atoms with Crippen molar-refractivity contribution in [1.82, 2.24) is 20.8 Å². The normalized spacial score (nSPS) is 9.42. The van der Waals surface area contributed by atoms with Gasteiger partial charge in [-0.3, -0.25) is 5.10 Å². The molecule has 0 spiro atoms. The van der Waals surface area contributed by atoms with Gasteiger partial charge in [-0.05, 0) is 0 Å². The molecular formula is C6H11N5O. The van der Waals surface area contributed by atoms with Gasteiger partial charge in [0.2, 0.25) is 0 Å². The molecule has 0 saturated heterocycles. The molecule has 0 bridgehead atoms. The minimum absolute atomic E-state index is 0.233. The average molecular weight is 169 g/mol. The van der Waals surface area contributed by atoms with Crippen LogP contribution in [0.2, 0.25) is 0 Å². The number of carbonyl (C=O) groups excluding carboxylic acids is 1. The average Bonchev–Trinajstić information content (AvgIpc) is 2.47. The molecule has 6 nitrogen and oxygen atoms in total. The number of nitrogens with zero attached hydrogens (tertiary/aromatic N) is 1. The summed E-state index contributed by atoms with van der Waals surface area (Å²) in [7, 11) is 1.55. The summed E-state index contributed by atoms with van der Waals surface area (Å²) in [5, 5.41) is 11.4. The molecule has 2 amide bonds. The van der Waals surface area contributed by atoms with Crippen molar-refractivity contribution in [3.8, 4) is 0 Å². The predicted molar refractivity (Wildman–Crippen MR) is 44.3 cm³/mol. The number of carbonyl (C=O) groups is 1. The highest BCUT2D eigenvalue weighted by Gasteiger charge is 1.99. The molecule has 0 unspecified atom stereocenters. The van der Waals surface area contributed by atoms with Crippen LogP contribution in [-0.2, 0) is 6.54 Å². The SMILES string of the molecule is CNC(=O)NCc1cc(N)n[nH]1. The molecule has 0 aliphatic carbocycles. The molecule has 1 aromatic rings. The van der Waals surface area contributed by atoms with Crippen LogP contribution in [0.1, 0.15) is 5.69 Å². The van der Waals surface area contributed by atoms with Gasteiger partial charge in [0.1, 0.15) is 5.82 Å². The Morgan fingerprint density at radius 3 is 3.08 bits per heavy atom. The van der Waals surface area contributed by atoms with E-state index in [1.54, 1.807) is 13.1 Å². The van der Waals surface area contributed by atoms with Crippen molar-refractivity contribution in [2.75, 3.05) is 12.8 Å². The highest BCUT2D eigenvalue weighted by Crippen LogP contribution is 1.98. The fraction of sp³-hybridized carbons (Fsp3) is 0.333. The largest absolute Gasteiger partial charge is 0.382 e. The minimum Gasteiger partial charge on any atom is -0.382 e. The highest BCUT2D eigenvalue weighted by atomic mass is 16.2. The third kappa shape index (κ3) is 2.15. The zero-order valence-electron chi connectivity index (χ0n) is 6.72. The van der Waals surface area contributed by atoms with Crippen molar-refractivity contribution in [2.45, 2.75) is 6.54 Å². The molecule has 0 atom stereocenters. The summed E-state index contributed by atoms with van der Waals surface area (Å²) in [4.78, 5) is 10.7. The van der Waals surface area contributed by atoms with E-state index in [-0.39, 0.29) is 6.03 Å². The molecule has 1 rings (SSSR count). The van der Waals surface area contributed by atoms with Gasteiger partial charge in [0.25, 0.3) is 0 Å². The van der Waals surface area contributed by atoms with E-state index in [2.05, 4.69) is 20.8 Å². The molecule has 66 valence electrons. The molecule has 0 aliphatic rings. The fourth-order valence-electron chi connectivity index (χ4n) is 0.734. The van der Waals surface area contributed by atoms with E-state index in [0.717, 1.165) is 5.69 Å². The lowest BCUT2D eigenvalue weighted by molar-refractivity contribution is 0.242. The Kier molecular flexibility index (Phi) is 2.52. The highest BCUT2D eigenvalue weighted by molar-refractivity contribution is 5.73. The van der Waals surface area contributed by atoms with E-state index in [4.69, 9.17) is 5.73 Å². The van der Waals surface area contributed by atoms with E-state index >= 15 is 0 Å². The summed E-state index contributed by atoms with van der Waals surface area (Å²) in [6.45, 7) is 0.393. The molecule has 1 heterocycles. The topological polar surface area (TPSA) is 95.8 Å². The molecule has 0 radical (unpaired) electrons. The number of aromatic amines is 1. The number of rotatable bonds is 2. The summed E-state index contributed by atoms with van der Waals surface area (Å²) in [5.41, 5.74) is 6.12. The molecule has 5 N–H and O–H groups in total. The quantitative estimate of drug-likeness (QED) is 0.477. The number of hydrogen-bond donors (Lipinski definition) is 4. The number of nitrogens with two attached hydrogens (primary N) is 1. The molecule has 12 heavy (non-hydrogen) atoms. The van der Waals surface area contributed by atoms with Gasteiger partial charge in [0, 0.05) is 13.1 Å². The van der Waals surface area contributed by atoms with Crippen LogP contribution in [-0.4, -0.2) is 23.3 Å². The van der Waals surface area contributed by atoms with E-state index < -0.39 is 0 Å². The lowest BCUT2D eigenvalue weighted by atomic mass is 10.4. The molecular weight excluding hydrogens is 158 g/mol. The van der Waals surface area contributed by atoms with E-state index in [1.807, 2.05) is 0 Å². The lowest BCUT2D eigenvalue weighted by Crippen LogP contribution is -2.32. The Morgan fingerprint density at radius 2 is 2.58 bits per heavy atom. The van der Waals surface area contributed by atoms with E-state index in [0.29, 0.717) is 12.4 Å². The maximum atomic E-state index is 10.7. The van der Waals surface area contributed by atoms with Crippen molar-refractivity contribution in [2.24, 2.45) is 0 Å². The number of urea groups is 1. The Hall–Kier alpha value is -1.72. The smallest absolute Gasteiger partial charge is 0.314 e. The molecule has 6 heteroatoms. The molecule has 0 aromatic carbocycles. The van der Waals surface area contributed by atoms with E-state index in [9.17, 15) is 4.79 Å². The first-order chi connectivity index (χ1) is 5.72. The fourth-order valence-corrected chi connectivity index (χ4v) is 0.734. The number of hydrogen-bond acceptors (Lipinski definition) is 3. The predicted octanol–water partition coefficient (Wildman–Crippen LogP) is -0.579. The number of aromatic nitrogens is 2. The molecule has 0 aliphatic heterocycles. The van der Waals surface area contributed by atoms with Crippen molar-refractivity contribution in [3.05, 3.63) is 11.8 Å². The van der Waals surface area contributed by atoms with Gasteiger partial charge in [-0.25, -0.2) is 4.79 Å². The Balaban J connectivity index is 2.38. The van der Waals surface area contributed by atoms with Gasteiger partial charge < -0.3 is 16.4 Å². The zero-order chi connectivity index (χ0) is 8.97. The second-order valence-electron chi connectivity index (χ2n) is 2.25. The third-order valence-electron chi connectivity index (χ3n) is 1.32. The number of anilines is 1. The van der Waals surface area contributed by atoms with Crippen molar-refractivity contribution >= 4 is 11.8 Å². The minimum atomic E-state index is -0.233. The second kappa shape index (κ2) is 3.61. The Labute approximate surface area is 69.5 Å². The maximum Gasteiger partial charge on any atom is 0.314 e. The number of amides is 2. The summed E-state index contributed by atoms with van der Waals surface area (Å²) in [6.07, 6.45) is 0. The second-order valence-corrected chi connectivity index (χ2v) is 2.25. The lowest BCUT2D eigenvalue weighted by Gasteiger charge is -2.00. The van der Waals surface area contributed by atoms with Crippen LogP contribution in [0, 0.1) is 0 Å². The van der Waals surface area contributed by atoms with Crippen LogP contribution in [0.3, 0.4) is 0 Å². The van der Waals surface area contributed by atoms with Gasteiger partial charge in [0.15, 0.2) is 0 Å². The standard InChI is InChI=1S/C6H11N5O/c1-8-6(12)9-3-4-2-5(7)11-10-4/h2H,3H2,1H3,(H3,7,10,11)(H2,8,9,12). The molecule has 1 aromatic heterocycles. The van der Waals surface area contributed by atoms with Gasteiger partial charge in [0.05, 0.1) is 12.2 Å². The molecule has 0 fully saturated rings. The van der Waals surface area contributed by atoms with Crippen LogP contribution in [0.5, 0.6) is 0 Å². The summed E-state index contributed by atoms with van der Waals surface area (Å²) >= 11 is 0. The number of nitrogens with one attached hydrogen (secondary N) is 3. The first-order valence-electron chi connectivity index (χ1n) is 3.47. The third-order valence-corrected chi connectivity index (χ3v) is 1.32. The monoisotopic (exact) mass is 169 g/mol. The summed E-state index contributed by atoms with van der Waals surface area (Å²) in [5.74, 6) is 0.420. The van der Waals surface area contributed by atoms with Crippen LogP contribution in [0.4, 0.5) is 10.6 Å². The number of H-pyrrole nitrogens is 1. The molecule has 0 saturated carbocycles. The van der Waals surface area contributed by atoms with Crippen LogP contribution < -0.4 is 16.4 Å². The van der Waals surface area contributed by atoms with Crippen LogP contribution >= 0.6 is 0 Å². The van der Waals surface area contributed by atoms with Gasteiger partial charge in [-0.1, -0.05) is 0 Å². The Bertz CT molecular complexity index is 269. The first-order valence-corrected chi connectivity index (χ1v) is 3.47. The van der Waals surface area contributed by atoms with Crippen molar-refractivity contribution in [1.29, 1.82) is 0 Å².